The molecule has 4 aliphatic rings. The number of para-hydroxylation sites is 1. The Balaban J connectivity index is 1.09. The van der Waals surface area contributed by atoms with Crippen LogP contribution in [0.2, 0.25) is 0 Å². The Morgan fingerprint density at radius 1 is 1.07 bits per heavy atom. The van der Waals surface area contributed by atoms with Crippen LogP contribution < -0.4 is 20.0 Å². The van der Waals surface area contributed by atoms with Crippen molar-refractivity contribution >= 4 is 34.9 Å². The topological polar surface area (TPSA) is 83.6 Å². The molecular weight excluding hydrogens is 504 g/mol. The summed E-state index contributed by atoms with van der Waals surface area (Å²) in [6.07, 6.45) is 3.68. The predicted octanol–water partition coefficient (Wildman–Crippen LogP) is 3.82. The Morgan fingerprint density at radius 3 is 2.55 bits per heavy atom. The third kappa shape index (κ3) is 4.15. The summed E-state index contributed by atoms with van der Waals surface area (Å²) in [7, 11) is 3.94. The summed E-state index contributed by atoms with van der Waals surface area (Å²) in [5, 5.41) is 3.31. The lowest BCUT2D eigenvalue weighted by molar-refractivity contribution is 0.176. The second-order valence-corrected chi connectivity index (χ2v) is 11.0. The largest absolute Gasteiger partial charge is 0.369 e. The van der Waals surface area contributed by atoms with Crippen LogP contribution in [0, 0.1) is 0 Å². The number of carbonyl (C=O) groups is 1. The van der Waals surface area contributed by atoms with Gasteiger partial charge in [-0.15, -0.1) is 0 Å². The smallest absolute Gasteiger partial charge is 0.326 e. The van der Waals surface area contributed by atoms with Gasteiger partial charge in [0.15, 0.2) is 5.72 Å². The van der Waals surface area contributed by atoms with Crippen LogP contribution in [0.15, 0.2) is 67.4 Å². The number of likely N-dealkylation sites (N-methyl/N-ethyl adjacent to an activating group) is 1. The van der Waals surface area contributed by atoms with E-state index in [-0.39, 0.29) is 12.1 Å². The Hall–Kier alpha value is -4.15. The van der Waals surface area contributed by atoms with Crippen LogP contribution in [-0.2, 0) is 11.3 Å². The maximum Gasteiger partial charge on any atom is 0.326 e. The van der Waals surface area contributed by atoms with Gasteiger partial charge >= 0.3 is 6.03 Å². The van der Waals surface area contributed by atoms with E-state index in [1.165, 1.54) is 5.69 Å². The molecule has 2 saturated heterocycles. The number of urea groups is 1. The predicted molar refractivity (Wildman–Crippen MR) is 156 cm³/mol. The molecule has 0 saturated carbocycles. The molecule has 2 amide bonds. The van der Waals surface area contributed by atoms with Crippen molar-refractivity contribution in [3.05, 3.63) is 78.5 Å². The van der Waals surface area contributed by atoms with Gasteiger partial charge in [0.2, 0.25) is 5.95 Å². The minimum absolute atomic E-state index is 0.0836. The second-order valence-electron chi connectivity index (χ2n) is 11.0. The summed E-state index contributed by atoms with van der Waals surface area (Å²) >= 11 is 0. The van der Waals surface area contributed by atoms with Crippen LogP contribution >= 0.6 is 0 Å². The number of nitrogens with one attached hydrogen (secondary N) is 1. The molecule has 40 heavy (non-hydrogen) atoms. The van der Waals surface area contributed by atoms with E-state index in [0.717, 1.165) is 48.7 Å². The van der Waals surface area contributed by atoms with E-state index in [1.54, 1.807) is 11.9 Å². The zero-order valence-corrected chi connectivity index (χ0v) is 23.0. The van der Waals surface area contributed by atoms with E-state index in [0.29, 0.717) is 31.5 Å². The number of nitrogens with zero attached hydrogens (tertiary/aromatic N) is 7. The fraction of sp³-hybridized carbons (Fsp3) is 0.367. The number of benzene rings is 2. The molecule has 1 N–H and O–H groups in total. The maximum absolute atomic E-state index is 13.7. The molecule has 206 valence electrons. The number of rotatable bonds is 6. The zero-order valence-electron chi connectivity index (χ0n) is 23.0. The van der Waals surface area contributed by atoms with Crippen molar-refractivity contribution in [1.82, 2.24) is 19.8 Å². The third-order valence-corrected chi connectivity index (χ3v) is 8.56. The standard InChI is InChI=1S/C30H34N8O2/c1-4-30(20-40-30)38-19-26(24-7-5-6-8-25(24)38)37-18-21-17-31-28(33-27(21)35(3)29(37)39)32-22-9-11-23(12-10-22)36-15-13-34(2)14-16-36/h4-12,17,26H,1,13-16,18-20H2,2-3H3,(H,31,32,33). The first-order valence-electron chi connectivity index (χ1n) is 13.8. The van der Waals surface area contributed by atoms with Crippen molar-refractivity contribution in [2.45, 2.75) is 18.3 Å². The molecule has 7 rings (SSSR count). The highest BCUT2D eigenvalue weighted by atomic mass is 16.6. The molecule has 5 heterocycles. The Labute approximate surface area is 234 Å². The van der Waals surface area contributed by atoms with Crippen molar-refractivity contribution in [1.29, 1.82) is 0 Å². The summed E-state index contributed by atoms with van der Waals surface area (Å²) in [6, 6.07) is 16.4. The Bertz CT molecular complexity index is 1450. The molecule has 3 aromatic rings. The second kappa shape index (κ2) is 9.50. The van der Waals surface area contributed by atoms with E-state index < -0.39 is 5.72 Å². The van der Waals surface area contributed by atoms with Crippen molar-refractivity contribution in [2.24, 2.45) is 0 Å². The van der Waals surface area contributed by atoms with Gasteiger partial charge in [-0.25, -0.2) is 9.78 Å². The molecule has 2 fully saturated rings. The normalized spacial score (nSPS) is 24.1. The van der Waals surface area contributed by atoms with Crippen molar-refractivity contribution in [2.75, 3.05) is 73.4 Å². The van der Waals surface area contributed by atoms with Crippen LogP contribution in [0.5, 0.6) is 0 Å². The molecule has 2 unspecified atom stereocenters. The number of ether oxygens (including phenoxy) is 1. The molecule has 0 radical (unpaired) electrons. The van der Waals surface area contributed by atoms with Crippen LogP contribution in [0.3, 0.4) is 0 Å². The van der Waals surface area contributed by atoms with Crippen molar-refractivity contribution in [3.63, 3.8) is 0 Å². The van der Waals surface area contributed by atoms with Gasteiger partial charge in [0.1, 0.15) is 12.4 Å². The van der Waals surface area contributed by atoms with E-state index in [1.807, 2.05) is 29.3 Å². The molecular formula is C30H34N8O2. The molecule has 0 bridgehead atoms. The summed E-state index contributed by atoms with van der Waals surface area (Å²) in [5.41, 5.74) is 4.75. The number of hydrogen-bond acceptors (Lipinski definition) is 8. The summed E-state index contributed by atoms with van der Waals surface area (Å²) in [5.74, 6) is 1.10. The van der Waals surface area contributed by atoms with Crippen LogP contribution in [0.25, 0.3) is 0 Å². The number of fused-ring (bicyclic) bond motifs is 2. The number of anilines is 5. The monoisotopic (exact) mass is 538 g/mol. The minimum atomic E-state index is -0.486. The fourth-order valence-electron chi connectivity index (χ4n) is 6.05. The molecule has 0 spiro atoms. The first-order chi connectivity index (χ1) is 19.5. The summed E-state index contributed by atoms with van der Waals surface area (Å²) in [6.45, 7) is 9.88. The molecule has 2 aromatic carbocycles. The third-order valence-electron chi connectivity index (χ3n) is 8.56. The fourth-order valence-corrected chi connectivity index (χ4v) is 6.05. The lowest BCUT2D eigenvalue weighted by atomic mass is 10.1. The van der Waals surface area contributed by atoms with Gasteiger partial charge in [0.05, 0.1) is 12.6 Å². The average molecular weight is 539 g/mol. The SMILES string of the molecule is C=CC1(N2CC(N3Cc4cnc(Nc5ccc(N6CCN(C)CC6)cc5)nc4N(C)C3=O)c3ccccc32)CO1. The van der Waals surface area contributed by atoms with Crippen molar-refractivity contribution in [3.8, 4) is 0 Å². The quantitative estimate of drug-likeness (QED) is 0.375. The molecule has 10 nitrogen and oxygen atoms in total. The van der Waals surface area contributed by atoms with E-state index in [2.05, 4.69) is 75.0 Å². The average Bonchev–Trinajstić information content (AvgIpc) is 3.69. The van der Waals surface area contributed by atoms with Gasteiger partial charge < -0.3 is 29.7 Å². The number of piperazine rings is 1. The molecule has 10 heteroatoms. The van der Waals surface area contributed by atoms with E-state index >= 15 is 0 Å². The first-order valence-corrected chi connectivity index (χ1v) is 13.8. The summed E-state index contributed by atoms with van der Waals surface area (Å²) < 4.78 is 5.79. The Morgan fingerprint density at radius 2 is 1.82 bits per heavy atom. The highest BCUT2D eigenvalue weighted by Gasteiger charge is 2.53. The number of hydrogen-bond donors (Lipinski definition) is 1. The number of epoxide rings is 1. The zero-order chi connectivity index (χ0) is 27.4. The Kier molecular flexibility index (Phi) is 5.90. The summed E-state index contributed by atoms with van der Waals surface area (Å²) in [4.78, 5) is 33.6. The molecule has 2 atom stereocenters. The molecule has 1 aromatic heterocycles. The number of amides is 2. The number of carbonyl (C=O) groups excluding carboxylic acids is 1. The van der Waals surface area contributed by atoms with Crippen LogP contribution in [0.1, 0.15) is 17.2 Å². The van der Waals surface area contributed by atoms with Gasteiger partial charge in [-0.3, -0.25) is 4.90 Å². The van der Waals surface area contributed by atoms with Gasteiger partial charge in [-0.2, -0.15) is 4.98 Å². The first kappa shape index (κ1) is 24.9. The van der Waals surface area contributed by atoms with Crippen molar-refractivity contribution < 1.29 is 9.53 Å². The number of aromatic nitrogens is 2. The lowest BCUT2D eigenvalue weighted by Gasteiger charge is -2.38. The van der Waals surface area contributed by atoms with Gasteiger partial charge in [0, 0.05) is 68.6 Å². The van der Waals surface area contributed by atoms with E-state index in [9.17, 15) is 4.79 Å². The highest BCUT2D eigenvalue weighted by Crippen LogP contribution is 2.48. The van der Waals surface area contributed by atoms with E-state index in [4.69, 9.17) is 9.72 Å². The van der Waals surface area contributed by atoms with Gasteiger partial charge in [-0.1, -0.05) is 24.8 Å². The molecule has 4 aliphatic heterocycles. The molecule has 0 aliphatic carbocycles. The van der Waals surface area contributed by atoms with Crippen LogP contribution in [-0.4, -0.2) is 84.9 Å². The van der Waals surface area contributed by atoms with Crippen LogP contribution in [0.4, 0.5) is 33.6 Å². The minimum Gasteiger partial charge on any atom is -0.369 e. The van der Waals surface area contributed by atoms with Gasteiger partial charge in [0.25, 0.3) is 0 Å². The van der Waals surface area contributed by atoms with Gasteiger partial charge in [-0.05, 0) is 49.0 Å². The lowest BCUT2D eigenvalue weighted by Crippen LogP contribution is -2.49. The highest BCUT2D eigenvalue weighted by molar-refractivity contribution is 5.94. The maximum atomic E-state index is 13.7.